The summed E-state index contributed by atoms with van der Waals surface area (Å²) in [6.07, 6.45) is 6.61. The molecule has 0 amide bonds. The zero-order valence-electron chi connectivity index (χ0n) is 11.5. The van der Waals surface area contributed by atoms with Crippen LogP contribution in [0.25, 0.3) is 0 Å². The van der Waals surface area contributed by atoms with E-state index in [0.717, 1.165) is 36.6 Å². The number of fused-ring (bicyclic) bond motifs is 1. The third kappa shape index (κ3) is 3.85. The van der Waals surface area contributed by atoms with Gasteiger partial charge in [0.25, 0.3) is 0 Å². The van der Waals surface area contributed by atoms with Crippen LogP contribution < -0.4 is 16.0 Å². The number of hydrogen-bond acceptors (Lipinski definition) is 3. The van der Waals surface area contributed by atoms with Gasteiger partial charge in [0.1, 0.15) is 5.75 Å². The predicted molar refractivity (Wildman–Crippen MR) is 79.6 cm³/mol. The van der Waals surface area contributed by atoms with Crippen LogP contribution in [0.2, 0.25) is 5.02 Å². The van der Waals surface area contributed by atoms with Gasteiger partial charge in [-0.2, -0.15) is 0 Å². The lowest BCUT2D eigenvalue weighted by Crippen LogP contribution is -2.36. The predicted octanol–water partition coefficient (Wildman–Crippen LogP) is 3.23. The maximum atomic E-state index is 6.17. The second-order valence-electron chi connectivity index (χ2n) is 5.22. The van der Waals surface area contributed by atoms with Gasteiger partial charge in [-0.1, -0.05) is 37.8 Å². The molecule has 0 aliphatic carbocycles. The fourth-order valence-electron chi connectivity index (χ4n) is 2.65. The Kier molecular flexibility index (Phi) is 5.49. The Balaban J connectivity index is 2.05. The van der Waals surface area contributed by atoms with Crippen molar-refractivity contribution in [2.24, 2.45) is 5.84 Å². The average Bonchev–Trinajstić information content (AvgIpc) is 2.85. The molecule has 1 aliphatic rings. The number of hydrazine groups is 1. The number of nitrogens with one attached hydrogen (secondary N) is 1. The highest BCUT2D eigenvalue weighted by molar-refractivity contribution is 6.30. The standard InChI is InChI=1S/C15H23ClN2O/c1-2-3-4-5-14(18-17)10-12-9-13(16)8-11-6-7-19-15(11)12/h8-9,14,18H,2-7,10,17H2,1H3. The van der Waals surface area contributed by atoms with Crippen molar-refractivity contribution < 1.29 is 4.74 Å². The number of ether oxygens (including phenoxy) is 1. The minimum Gasteiger partial charge on any atom is -0.493 e. The lowest BCUT2D eigenvalue weighted by Gasteiger charge is -2.17. The molecule has 1 aromatic carbocycles. The summed E-state index contributed by atoms with van der Waals surface area (Å²) in [7, 11) is 0. The van der Waals surface area contributed by atoms with Gasteiger partial charge in [-0.3, -0.25) is 11.3 Å². The van der Waals surface area contributed by atoms with E-state index in [1.54, 1.807) is 0 Å². The molecule has 0 saturated carbocycles. The van der Waals surface area contributed by atoms with Crippen LogP contribution in [0.1, 0.15) is 43.7 Å². The number of nitrogens with two attached hydrogens (primary N) is 1. The maximum Gasteiger partial charge on any atom is 0.125 e. The van der Waals surface area contributed by atoms with Crippen molar-refractivity contribution >= 4 is 11.6 Å². The molecule has 4 heteroatoms. The minimum atomic E-state index is 0.290. The Hall–Kier alpha value is -0.770. The summed E-state index contributed by atoms with van der Waals surface area (Å²) in [5.41, 5.74) is 5.33. The van der Waals surface area contributed by atoms with Crippen LogP contribution in [0.15, 0.2) is 12.1 Å². The first kappa shape index (κ1) is 14.6. The summed E-state index contributed by atoms with van der Waals surface area (Å²) in [4.78, 5) is 0. The summed E-state index contributed by atoms with van der Waals surface area (Å²) < 4.78 is 5.73. The highest BCUT2D eigenvalue weighted by Crippen LogP contribution is 2.33. The van der Waals surface area contributed by atoms with Crippen molar-refractivity contribution in [3.05, 3.63) is 28.3 Å². The van der Waals surface area contributed by atoms with Crippen molar-refractivity contribution in [1.82, 2.24) is 5.43 Å². The number of benzene rings is 1. The molecule has 1 atom stereocenters. The van der Waals surface area contributed by atoms with Crippen LogP contribution in [0.3, 0.4) is 0 Å². The number of unbranched alkanes of at least 4 members (excludes halogenated alkanes) is 2. The van der Waals surface area contributed by atoms with Crippen molar-refractivity contribution in [3.63, 3.8) is 0 Å². The van der Waals surface area contributed by atoms with Gasteiger partial charge < -0.3 is 4.74 Å². The molecule has 1 aliphatic heterocycles. The van der Waals surface area contributed by atoms with Crippen LogP contribution in [0, 0.1) is 0 Å². The van der Waals surface area contributed by atoms with E-state index >= 15 is 0 Å². The van der Waals surface area contributed by atoms with Crippen molar-refractivity contribution in [1.29, 1.82) is 0 Å². The van der Waals surface area contributed by atoms with E-state index in [4.69, 9.17) is 22.2 Å². The lowest BCUT2D eigenvalue weighted by molar-refractivity contribution is 0.350. The molecule has 0 spiro atoms. The molecular formula is C15H23ClN2O. The van der Waals surface area contributed by atoms with Crippen LogP contribution in [0.5, 0.6) is 5.75 Å². The van der Waals surface area contributed by atoms with Gasteiger partial charge in [-0.15, -0.1) is 0 Å². The molecule has 1 heterocycles. The summed E-state index contributed by atoms with van der Waals surface area (Å²) in [6, 6.07) is 4.31. The molecule has 3 nitrogen and oxygen atoms in total. The zero-order valence-corrected chi connectivity index (χ0v) is 12.3. The SMILES string of the molecule is CCCCCC(Cc1cc(Cl)cc2c1OCC2)NN. The summed E-state index contributed by atoms with van der Waals surface area (Å²) in [6.45, 7) is 2.97. The number of hydrogen-bond donors (Lipinski definition) is 2. The average molecular weight is 283 g/mol. The third-order valence-electron chi connectivity index (χ3n) is 3.68. The smallest absolute Gasteiger partial charge is 0.125 e. The third-order valence-corrected chi connectivity index (χ3v) is 3.90. The van der Waals surface area contributed by atoms with E-state index in [-0.39, 0.29) is 0 Å². The van der Waals surface area contributed by atoms with E-state index < -0.39 is 0 Å². The van der Waals surface area contributed by atoms with Gasteiger partial charge in [0, 0.05) is 17.5 Å². The van der Waals surface area contributed by atoms with Gasteiger partial charge in [0.2, 0.25) is 0 Å². The molecule has 0 bridgehead atoms. The zero-order chi connectivity index (χ0) is 13.7. The largest absolute Gasteiger partial charge is 0.493 e. The Morgan fingerprint density at radius 2 is 2.26 bits per heavy atom. The molecule has 1 aromatic rings. The van der Waals surface area contributed by atoms with Crippen LogP contribution in [0.4, 0.5) is 0 Å². The molecule has 0 fully saturated rings. The Morgan fingerprint density at radius 3 is 3.00 bits per heavy atom. The highest BCUT2D eigenvalue weighted by atomic mass is 35.5. The topological polar surface area (TPSA) is 47.3 Å². The Bertz CT molecular complexity index is 423. The fourth-order valence-corrected chi connectivity index (χ4v) is 2.91. The van der Waals surface area contributed by atoms with Crippen molar-refractivity contribution in [2.45, 2.75) is 51.5 Å². The molecule has 0 radical (unpaired) electrons. The van der Waals surface area contributed by atoms with Crippen LogP contribution >= 0.6 is 11.6 Å². The van der Waals surface area contributed by atoms with Gasteiger partial charge in [0.15, 0.2) is 0 Å². The summed E-state index contributed by atoms with van der Waals surface area (Å²) in [5, 5.41) is 0.795. The molecule has 3 N–H and O–H groups in total. The molecule has 19 heavy (non-hydrogen) atoms. The van der Waals surface area contributed by atoms with Crippen molar-refractivity contribution in [3.8, 4) is 5.75 Å². The maximum absolute atomic E-state index is 6.17. The molecular weight excluding hydrogens is 260 g/mol. The monoisotopic (exact) mass is 282 g/mol. The molecule has 2 rings (SSSR count). The first-order valence-corrected chi connectivity index (χ1v) is 7.52. The first-order chi connectivity index (χ1) is 9.24. The second-order valence-corrected chi connectivity index (χ2v) is 5.65. The molecule has 0 saturated heterocycles. The lowest BCUT2D eigenvalue weighted by atomic mass is 9.98. The van der Waals surface area contributed by atoms with Crippen LogP contribution in [-0.2, 0) is 12.8 Å². The second kappa shape index (κ2) is 7.13. The number of rotatable bonds is 7. The van der Waals surface area contributed by atoms with E-state index in [2.05, 4.69) is 12.3 Å². The van der Waals surface area contributed by atoms with Gasteiger partial charge in [0.05, 0.1) is 6.61 Å². The highest BCUT2D eigenvalue weighted by Gasteiger charge is 2.19. The van der Waals surface area contributed by atoms with Gasteiger partial charge >= 0.3 is 0 Å². The normalized spacial score (nSPS) is 15.1. The Morgan fingerprint density at radius 1 is 1.42 bits per heavy atom. The summed E-state index contributed by atoms with van der Waals surface area (Å²) in [5.74, 6) is 6.69. The Labute approximate surface area is 120 Å². The molecule has 106 valence electrons. The van der Waals surface area contributed by atoms with Crippen LogP contribution in [-0.4, -0.2) is 12.6 Å². The fraction of sp³-hybridized carbons (Fsp3) is 0.600. The van der Waals surface area contributed by atoms with E-state index in [9.17, 15) is 0 Å². The minimum absolute atomic E-state index is 0.290. The van der Waals surface area contributed by atoms with E-state index in [1.165, 1.54) is 30.4 Å². The molecule has 1 unspecified atom stereocenters. The van der Waals surface area contributed by atoms with E-state index in [0.29, 0.717) is 6.04 Å². The quantitative estimate of drug-likeness (QED) is 0.459. The molecule has 0 aromatic heterocycles. The van der Waals surface area contributed by atoms with Gasteiger partial charge in [-0.25, -0.2) is 0 Å². The van der Waals surface area contributed by atoms with Gasteiger partial charge in [-0.05, 0) is 36.1 Å². The first-order valence-electron chi connectivity index (χ1n) is 7.14. The summed E-state index contributed by atoms with van der Waals surface area (Å²) >= 11 is 6.17. The number of halogens is 1. The van der Waals surface area contributed by atoms with E-state index in [1.807, 2.05) is 12.1 Å². The van der Waals surface area contributed by atoms with Crippen molar-refractivity contribution in [2.75, 3.05) is 6.61 Å².